The molecule has 16 heavy (non-hydrogen) atoms. The highest BCUT2D eigenvalue weighted by atomic mass is 16.3. The zero-order valence-corrected chi connectivity index (χ0v) is 10.2. The van der Waals surface area contributed by atoms with Gasteiger partial charge in [0.15, 0.2) is 0 Å². The van der Waals surface area contributed by atoms with Gasteiger partial charge in [0.2, 0.25) is 0 Å². The molecule has 2 nitrogen and oxygen atoms in total. The fourth-order valence-corrected chi connectivity index (χ4v) is 2.66. The first-order chi connectivity index (χ1) is 7.68. The van der Waals surface area contributed by atoms with Crippen molar-refractivity contribution in [3.63, 3.8) is 0 Å². The van der Waals surface area contributed by atoms with E-state index in [9.17, 15) is 5.11 Å². The second kappa shape index (κ2) is 4.88. The Morgan fingerprint density at radius 1 is 1.25 bits per heavy atom. The zero-order valence-electron chi connectivity index (χ0n) is 10.2. The maximum Gasteiger partial charge on any atom is 0.119 e. The molecule has 1 atom stereocenters. The number of phenolic OH excluding ortho intramolecular Hbond substituents is 1. The van der Waals surface area contributed by atoms with Gasteiger partial charge in [0.25, 0.3) is 0 Å². The summed E-state index contributed by atoms with van der Waals surface area (Å²) < 4.78 is 0. The third-order valence-corrected chi connectivity index (χ3v) is 3.90. The molecular weight excluding hydrogens is 198 g/mol. The number of rotatable bonds is 2. The predicted molar refractivity (Wildman–Crippen MR) is 66.7 cm³/mol. The predicted octanol–water partition coefficient (Wildman–Crippen LogP) is 2.84. The highest BCUT2D eigenvalue weighted by Crippen LogP contribution is 2.35. The molecule has 0 aliphatic carbocycles. The standard InChI is InChI=1S/C14H21NO/c1-11(12-7-9-15(2)10-8-12)13-5-3-4-6-14(13)16/h3-6,11-12,16H,7-10H2,1-2H3. The Balaban J connectivity index is 2.07. The smallest absolute Gasteiger partial charge is 0.119 e. The van der Waals surface area contributed by atoms with E-state index in [0.29, 0.717) is 17.6 Å². The summed E-state index contributed by atoms with van der Waals surface area (Å²) in [6.45, 7) is 4.61. The number of piperidine rings is 1. The molecule has 1 aliphatic rings. The summed E-state index contributed by atoms with van der Waals surface area (Å²) in [6, 6.07) is 7.75. The van der Waals surface area contributed by atoms with Crippen molar-refractivity contribution >= 4 is 0 Å². The Kier molecular flexibility index (Phi) is 3.49. The minimum Gasteiger partial charge on any atom is -0.508 e. The van der Waals surface area contributed by atoms with E-state index in [-0.39, 0.29) is 0 Å². The summed E-state index contributed by atoms with van der Waals surface area (Å²) in [4.78, 5) is 2.38. The third-order valence-electron chi connectivity index (χ3n) is 3.90. The van der Waals surface area contributed by atoms with Crippen LogP contribution in [-0.2, 0) is 0 Å². The molecule has 1 saturated heterocycles. The summed E-state index contributed by atoms with van der Waals surface area (Å²) in [7, 11) is 2.18. The summed E-state index contributed by atoms with van der Waals surface area (Å²) in [6.07, 6.45) is 2.48. The molecule has 2 heteroatoms. The molecule has 1 aliphatic heterocycles. The quantitative estimate of drug-likeness (QED) is 0.826. The van der Waals surface area contributed by atoms with Gasteiger partial charge in [-0.1, -0.05) is 25.1 Å². The SMILES string of the molecule is CC(c1ccccc1O)C1CCN(C)CC1. The first kappa shape index (κ1) is 11.5. The molecule has 1 fully saturated rings. The topological polar surface area (TPSA) is 23.5 Å². The van der Waals surface area contributed by atoms with Crippen LogP contribution < -0.4 is 0 Å². The average Bonchev–Trinajstić information content (AvgIpc) is 2.30. The van der Waals surface area contributed by atoms with Crippen molar-refractivity contribution in [3.05, 3.63) is 29.8 Å². The molecule has 1 N–H and O–H groups in total. The van der Waals surface area contributed by atoms with Gasteiger partial charge in [-0.15, -0.1) is 0 Å². The molecular formula is C14H21NO. The fourth-order valence-electron chi connectivity index (χ4n) is 2.66. The van der Waals surface area contributed by atoms with Crippen LogP contribution in [0.4, 0.5) is 0 Å². The van der Waals surface area contributed by atoms with Gasteiger partial charge in [-0.25, -0.2) is 0 Å². The average molecular weight is 219 g/mol. The molecule has 1 heterocycles. The lowest BCUT2D eigenvalue weighted by atomic mass is 9.81. The molecule has 0 spiro atoms. The number of phenols is 1. The lowest BCUT2D eigenvalue weighted by molar-refractivity contribution is 0.201. The molecule has 0 saturated carbocycles. The van der Waals surface area contributed by atoms with Crippen molar-refractivity contribution in [2.45, 2.75) is 25.7 Å². The molecule has 0 amide bonds. The molecule has 1 aromatic rings. The number of hydrogen-bond donors (Lipinski definition) is 1. The van der Waals surface area contributed by atoms with Crippen LogP contribution in [0, 0.1) is 5.92 Å². The van der Waals surface area contributed by atoms with E-state index in [1.807, 2.05) is 12.1 Å². The van der Waals surface area contributed by atoms with Crippen molar-refractivity contribution in [1.29, 1.82) is 0 Å². The minimum absolute atomic E-state index is 0.453. The second-order valence-electron chi connectivity index (χ2n) is 4.99. The summed E-state index contributed by atoms with van der Waals surface area (Å²) in [5, 5.41) is 9.85. The second-order valence-corrected chi connectivity index (χ2v) is 4.99. The Morgan fingerprint density at radius 3 is 2.50 bits per heavy atom. The van der Waals surface area contributed by atoms with Crippen LogP contribution in [0.25, 0.3) is 0 Å². The highest BCUT2D eigenvalue weighted by Gasteiger charge is 2.24. The number of aromatic hydroxyl groups is 1. The summed E-state index contributed by atoms with van der Waals surface area (Å²) in [5.74, 6) is 1.63. The van der Waals surface area contributed by atoms with Crippen LogP contribution >= 0.6 is 0 Å². The molecule has 2 rings (SSSR count). The molecule has 0 radical (unpaired) electrons. The van der Waals surface area contributed by atoms with Crippen molar-refractivity contribution in [3.8, 4) is 5.75 Å². The number of nitrogens with zero attached hydrogens (tertiary/aromatic N) is 1. The van der Waals surface area contributed by atoms with Crippen molar-refractivity contribution in [1.82, 2.24) is 4.90 Å². The van der Waals surface area contributed by atoms with Gasteiger partial charge in [0, 0.05) is 0 Å². The van der Waals surface area contributed by atoms with E-state index in [0.717, 1.165) is 5.56 Å². The van der Waals surface area contributed by atoms with Gasteiger partial charge in [0.1, 0.15) is 5.75 Å². The minimum atomic E-state index is 0.453. The maximum absolute atomic E-state index is 9.85. The number of benzene rings is 1. The van der Waals surface area contributed by atoms with Gasteiger partial charge < -0.3 is 10.0 Å². The fraction of sp³-hybridized carbons (Fsp3) is 0.571. The van der Waals surface area contributed by atoms with Crippen LogP contribution in [0.2, 0.25) is 0 Å². The van der Waals surface area contributed by atoms with Crippen molar-refractivity contribution in [2.24, 2.45) is 5.92 Å². The van der Waals surface area contributed by atoms with E-state index >= 15 is 0 Å². The molecule has 0 bridgehead atoms. The van der Waals surface area contributed by atoms with Crippen LogP contribution in [0.15, 0.2) is 24.3 Å². The van der Waals surface area contributed by atoms with Gasteiger partial charge in [-0.3, -0.25) is 0 Å². The highest BCUT2D eigenvalue weighted by molar-refractivity contribution is 5.34. The monoisotopic (exact) mass is 219 g/mol. The number of hydrogen-bond acceptors (Lipinski definition) is 2. The van der Waals surface area contributed by atoms with E-state index < -0.39 is 0 Å². The Labute approximate surface area is 97.9 Å². The summed E-state index contributed by atoms with van der Waals surface area (Å²) >= 11 is 0. The lowest BCUT2D eigenvalue weighted by Crippen LogP contribution is -2.32. The van der Waals surface area contributed by atoms with Crippen LogP contribution in [0.1, 0.15) is 31.2 Å². The maximum atomic E-state index is 9.85. The van der Waals surface area contributed by atoms with E-state index in [1.54, 1.807) is 6.07 Å². The van der Waals surface area contributed by atoms with Crippen LogP contribution in [0.5, 0.6) is 5.75 Å². The third kappa shape index (κ3) is 2.38. The van der Waals surface area contributed by atoms with Crippen molar-refractivity contribution < 1.29 is 5.11 Å². The van der Waals surface area contributed by atoms with Gasteiger partial charge in [-0.05, 0) is 56.4 Å². The lowest BCUT2D eigenvalue weighted by Gasteiger charge is -2.33. The van der Waals surface area contributed by atoms with Gasteiger partial charge >= 0.3 is 0 Å². The molecule has 0 aromatic heterocycles. The van der Waals surface area contributed by atoms with Gasteiger partial charge in [-0.2, -0.15) is 0 Å². The first-order valence-electron chi connectivity index (χ1n) is 6.15. The first-order valence-corrected chi connectivity index (χ1v) is 6.15. The number of likely N-dealkylation sites (tertiary alicyclic amines) is 1. The van der Waals surface area contributed by atoms with E-state index in [1.165, 1.54) is 25.9 Å². The molecule has 1 aromatic carbocycles. The van der Waals surface area contributed by atoms with Crippen LogP contribution in [-0.4, -0.2) is 30.1 Å². The molecule has 1 unspecified atom stereocenters. The molecule has 88 valence electrons. The Bertz CT molecular complexity index is 342. The normalized spacial score (nSPS) is 20.9. The number of para-hydroxylation sites is 1. The van der Waals surface area contributed by atoms with Crippen molar-refractivity contribution in [2.75, 3.05) is 20.1 Å². The zero-order chi connectivity index (χ0) is 11.5. The Hall–Kier alpha value is -1.02. The Morgan fingerprint density at radius 2 is 1.88 bits per heavy atom. The summed E-state index contributed by atoms with van der Waals surface area (Å²) in [5.41, 5.74) is 1.11. The van der Waals surface area contributed by atoms with E-state index in [4.69, 9.17) is 0 Å². The largest absolute Gasteiger partial charge is 0.508 e. The van der Waals surface area contributed by atoms with Gasteiger partial charge in [0.05, 0.1) is 0 Å². The van der Waals surface area contributed by atoms with Crippen LogP contribution in [0.3, 0.4) is 0 Å². The van der Waals surface area contributed by atoms with E-state index in [2.05, 4.69) is 24.9 Å².